The fraction of sp³-hybridized carbons (Fsp3) is 0.231. The van der Waals surface area contributed by atoms with E-state index in [4.69, 9.17) is 0 Å². The highest BCUT2D eigenvalue weighted by Gasteiger charge is 2.19. The number of nitro groups is 1. The van der Waals surface area contributed by atoms with Crippen LogP contribution in [0.15, 0.2) is 79.1 Å². The molecule has 0 bridgehead atoms. The summed E-state index contributed by atoms with van der Waals surface area (Å²) in [4.78, 5) is 32.1. The Labute approximate surface area is 198 Å². The minimum absolute atomic E-state index is 0.0336. The minimum atomic E-state index is -0.455. The number of amides is 1. The Bertz CT molecular complexity index is 1160. The number of nitrogens with one attached hydrogen (secondary N) is 1. The van der Waals surface area contributed by atoms with Crippen molar-refractivity contribution in [3.8, 4) is 0 Å². The van der Waals surface area contributed by atoms with Gasteiger partial charge in [0.15, 0.2) is 0 Å². The van der Waals surface area contributed by atoms with E-state index in [0.29, 0.717) is 5.56 Å². The van der Waals surface area contributed by atoms with Gasteiger partial charge in [-0.3, -0.25) is 24.8 Å². The summed E-state index contributed by atoms with van der Waals surface area (Å²) in [5.41, 5.74) is 3.35. The van der Waals surface area contributed by atoms with Gasteiger partial charge in [0.25, 0.3) is 5.69 Å². The number of pyridine rings is 1. The first-order chi connectivity index (χ1) is 16.6. The fourth-order valence-corrected chi connectivity index (χ4v) is 4.04. The average molecular weight is 458 g/mol. The van der Waals surface area contributed by atoms with Crippen molar-refractivity contribution >= 4 is 29.0 Å². The molecule has 2 aromatic carbocycles. The van der Waals surface area contributed by atoms with Gasteiger partial charge in [0, 0.05) is 57.3 Å². The molecule has 34 heavy (non-hydrogen) atoms. The summed E-state index contributed by atoms with van der Waals surface area (Å²) in [5, 5.41) is 14.1. The Kier molecular flexibility index (Phi) is 7.62. The number of nitro benzene ring substituents is 1. The number of hydrogen-bond donors (Lipinski definition) is 1. The third kappa shape index (κ3) is 6.05. The van der Waals surface area contributed by atoms with Gasteiger partial charge in [-0.2, -0.15) is 0 Å². The molecule has 1 amide bonds. The second kappa shape index (κ2) is 11.2. The summed E-state index contributed by atoms with van der Waals surface area (Å²) < 4.78 is 0. The van der Waals surface area contributed by atoms with E-state index in [0.717, 1.165) is 50.5 Å². The Morgan fingerprint density at radius 1 is 1.00 bits per heavy atom. The van der Waals surface area contributed by atoms with Crippen LogP contribution in [-0.2, 0) is 11.2 Å². The van der Waals surface area contributed by atoms with Gasteiger partial charge in [-0.15, -0.1) is 0 Å². The summed E-state index contributed by atoms with van der Waals surface area (Å²) in [6.07, 6.45) is 7.46. The van der Waals surface area contributed by atoms with Crippen molar-refractivity contribution in [3.05, 3.63) is 100 Å². The lowest BCUT2D eigenvalue weighted by molar-refractivity contribution is -0.385. The van der Waals surface area contributed by atoms with Crippen LogP contribution in [0.3, 0.4) is 0 Å². The van der Waals surface area contributed by atoms with Gasteiger partial charge in [0.1, 0.15) is 0 Å². The number of benzene rings is 2. The summed E-state index contributed by atoms with van der Waals surface area (Å²) in [7, 11) is 0. The minimum Gasteiger partial charge on any atom is -0.367 e. The van der Waals surface area contributed by atoms with Crippen LogP contribution < -0.4 is 10.2 Å². The van der Waals surface area contributed by atoms with Crippen molar-refractivity contribution in [1.82, 2.24) is 9.88 Å². The van der Waals surface area contributed by atoms with Crippen LogP contribution in [0.5, 0.6) is 0 Å². The Hall–Kier alpha value is -4.04. The van der Waals surface area contributed by atoms with E-state index >= 15 is 0 Å². The number of anilines is 2. The molecule has 0 atom stereocenters. The number of para-hydroxylation sites is 3. The highest BCUT2D eigenvalue weighted by Crippen LogP contribution is 2.27. The molecule has 1 aliphatic heterocycles. The zero-order valence-electron chi connectivity index (χ0n) is 18.8. The smallest absolute Gasteiger partial charge is 0.276 e. The average Bonchev–Trinajstić information content (AvgIpc) is 2.88. The van der Waals surface area contributed by atoms with E-state index in [1.165, 1.54) is 23.8 Å². The third-order valence-electron chi connectivity index (χ3n) is 5.89. The Morgan fingerprint density at radius 3 is 2.47 bits per heavy atom. The molecule has 4 rings (SSSR count). The lowest BCUT2D eigenvalue weighted by atomic mass is 10.1. The lowest BCUT2D eigenvalue weighted by Crippen LogP contribution is -2.47. The maximum absolute atomic E-state index is 12.6. The number of nitrogens with zero attached hydrogens (tertiary/aromatic N) is 4. The second-order valence-corrected chi connectivity index (χ2v) is 8.09. The number of aromatic nitrogens is 1. The molecule has 3 aromatic rings. The number of carbonyl (C=O) groups excluding carboxylic acids is 1. The quantitative estimate of drug-likeness (QED) is 0.312. The zero-order chi connectivity index (χ0) is 23.8. The van der Waals surface area contributed by atoms with Crippen molar-refractivity contribution in [2.75, 3.05) is 42.9 Å². The van der Waals surface area contributed by atoms with Crippen LogP contribution in [0.2, 0.25) is 0 Å². The summed E-state index contributed by atoms with van der Waals surface area (Å²) in [6.45, 7) is 4.65. The van der Waals surface area contributed by atoms with Gasteiger partial charge < -0.3 is 10.2 Å². The van der Waals surface area contributed by atoms with Crippen molar-refractivity contribution < 1.29 is 9.72 Å². The molecule has 0 saturated carbocycles. The SMILES string of the molecule is O=C(/C=C/c1ccccc1[N+](=O)[O-])Nc1ccccc1N1CCN(CCc2ccncc2)CC1. The van der Waals surface area contributed by atoms with Crippen LogP contribution in [0.25, 0.3) is 6.08 Å². The van der Waals surface area contributed by atoms with Gasteiger partial charge in [-0.25, -0.2) is 0 Å². The molecule has 0 unspecified atom stereocenters. The van der Waals surface area contributed by atoms with Crippen molar-refractivity contribution in [2.24, 2.45) is 0 Å². The molecule has 1 aliphatic rings. The molecule has 1 saturated heterocycles. The Balaban J connectivity index is 1.35. The van der Waals surface area contributed by atoms with E-state index in [2.05, 4.69) is 32.2 Å². The third-order valence-corrected chi connectivity index (χ3v) is 5.89. The first-order valence-corrected chi connectivity index (χ1v) is 11.3. The van der Waals surface area contributed by atoms with Gasteiger partial charge in [-0.1, -0.05) is 24.3 Å². The summed E-state index contributed by atoms with van der Waals surface area (Å²) in [5.74, 6) is -0.332. The van der Waals surface area contributed by atoms with Crippen molar-refractivity contribution in [2.45, 2.75) is 6.42 Å². The van der Waals surface area contributed by atoms with Crippen LogP contribution in [0.1, 0.15) is 11.1 Å². The van der Waals surface area contributed by atoms with E-state index in [1.54, 1.807) is 18.2 Å². The Morgan fingerprint density at radius 2 is 1.71 bits per heavy atom. The summed E-state index contributed by atoms with van der Waals surface area (Å²) >= 11 is 0. The maximum atomic E-state index is 12.6. The largest absolute Gasteiger partial charge is 0.367 e. The van der Waals surface area contributed by atoms with Crippen LogP contribution in [0, 0.1) is 10.1 Å². The summed E-state index contributed by atoms with van der Waals surface area (Å²) in [6, 6.07) is 18.2. The first kappa shape index (κ1) is 23.1. The van der Waals surface area contributed by atoms with Gasteiger partial charge in [0.2, 0.25) is 5.91 Å². The maximum Gasteiger partial charge on any atom is 0.276 e. The predicted molar refractivity (Wildman–Crippen MR) is 134 cm³/mol. The number of piperazine rings is 1. The highest BCUT2D eigenvalue weighted by molar-refractivity contribution is 6.04. The molecule has 0 aliphatic carbocycles. The van der Waals surface area contributed by atoms with E-state index < -0.39 is 4.92 Å². The number of carbonyl (C=O) groups is 1. The van der Waals surface area contributed by atoms with Crippen LogP contribution in [0.4, 0.5) is 17.1 Å². The predicted octanol–water partition coefficient (Wildman–Crippen LogP) is 4.01. The molecular formula is C26H27N5O3. The normalized spacial score (nSPS) is 14.3. The molecule has 1 N–H and O–H groups in total. The van der Waals surface area contributed by atoms with Crippen molar-refractivity contribution in [1.29, 1.82) is 0 Å². The van der Waals surface area contributed by atoms with E-state index in [-0.39, 0.29) is 11.6 Å². The zero-order valence-corrected chi connectivity index (χ0v) is 18.8. The lowest BCUT2D eigenvalue weighted by Gasteiger charge is -2.37. The number of rotatable bonds is 8. The first-order valence-electron chi connectivity index (χ1n) is 11.3. The van der Waals surface area contributed by atoms with E-state index in [9.17, 15) is 14.9 Å². The molecular weight excluding hydrogens is 430 g/mol. The van der Waals surface area contributed by atoms with Crippen molar-refractivity contribution in [3.63, 3.8) is 0 Å². The van der Waals surface area contributed by atoms with Gasteiger partial charge in [-0.05, 0) is 48.4 Å². The standard InChI is InChI=1S/C26H27N5O3/c32-26(10-9-22-5-1-3-7-24(22)31(33)34)28-23-6-2-4-8-25(23)30-19-17-29(18-20-30)16-13-21-11-14-27-15-12-21/h1-12,14-15H,13,16-20H2,(H,28,32)/b10-9+. The molecule has 8 nitrogen and oxygen atoms in total. The number of hydrogen-bond acceptors (Lipinski definition) is 6. The second-order valence-electron chi connectivity index (χ2n) is 8.09. The fourth-order valence-electron chi connectivity index (χ4n) is 4.04. The topological polar surface area (TPSA) is 91.6 Å². The molecule has 0 radical (unpaired) electrons. The molecule has 1 aromatic heterocycles. The van der Waals surface area contributed by atoms with Gasteiger partial charge in [0.05, 0.1) is 21.9 Å². The van der Waals surface area contributed by atoms with Crippen LogP contribution >= 0.6 is 0 Å². The monoisotopic (exact) mass is 457 g/mol. The van der Waals surface area contributed by atoms with Crippen LogP contribution in [-0.4, -0.2) is 53.4 Å². The molecule has 8 heteroatoms. The van der Waals surface area contributed by atoms with Gasteiger partial charge >= 0.3 is 0 Å². The molecule has 174 valence electrons. The molecule has 1 fully saturated rings. The molecule has 2 heterocycles. The van der Waals surface area contributed by atoms with E-state index in [1.807, 2.05) is 36.7 Å². The molecule has 0 spiro atoms. The highest BCUT2D eigenvalue weighted by atomic mass is 16.6.